The Morgan fingerprint density at radius 2 is 2.00 bits per heavy atom. The first kappa shape index (κ1) is 10.7. The Kier molecular flexibility index (Phi) is 3.46. The van der Waals surface area contributed by atoms with Crippen molar-refractivity contribution in [3.8, 4) is 0 Å². The van der Waals surface area contributed by atoms with Gasteiger partial charge in [-0.1, -0.05) is 0 Å². The normalized spacial score (nSPS) is 30.9. The van der Waals surface area contributed by atoms with E-state index in [1.807, 2.05) is 4.90 Å². The highest BCUT2D eigenvalue weighted by atomic mass is 16.6. The van der Waals surface area contributed by atoms with Gasteiger partial charge in [0.15, 0.2) is 0 Å². The molecule has 0 radical (unpaired) electrons. The molecule has 0 aromatic rings. The van der Waals surface area contributed by atoms with Gasteiger partial charge in [0.05, 0.1) is 0 Å². The minimum Gasteiger partial charge on any atom is -0.446 e. The Hall–Kier alpha value is -0.770. The zero-order valence-electron chi connectivity index (χ0n) is 9.15. The summed E-state index contributed by atoms with van der Waals surface area (Å²) < 4.78 is 5.51. The van der Waals surface area contributed by atoms with Gasteiger partial charge in [-0.2, -0.15) is 0 Å². The third kappa shape index (κ3) is 2.43. The molecule has 1 aliphatic carbocycles. The molecule has 2 N–H and O–H groups in total. The van der Waals surface area contributed by atoms with Gasteiger partial charge in [0.25, 0.3) is 0 Å². The van der Waals surface area contributed by atoms with Crippen LogP contribution >= 0.6 is 0 Å². The summed E-state index contributed by atoms with van der Waals surface area (Å²) in [5.74, 6) is 0.386. The van der Waals surface area contributed by atoms with Crippen molar-refractivity contribution in [3.63, 3.8) is 0 Å². The van der Waals surface area contributed by atoms with Crippen LogP contribution in [0.4, 0.5) is 4.79 Å². The third-order valence-electron chi connectivity index (χ3n) is 3.51. The fourth-order valence-corrected chi connectivity index (χ4v) is 2.53. The van der Waals surface area contributed by atoms with E-state index in [0.29, 0.717) is 12.5 Å². The average molecular weight is 212 g/mol. The van der Waals surface area contributed by atoms with E-state index in [4.69, 9.17) is 10.5 Å². The quantitative estimate of drug-likeness (QED) is 0.751. The summed E-state index contributed by atoms with van der Waals surface area (Å²) in [6.45, 7) is 2.36. The highest BCUT2D eigenvalue weighted by Gasteiger charge is 2.31. The van der Waals surface area contributed by atoms with Crippen LogP contribution in [0.5, 0.6) is 0 Å². The van der Waals surface area contributed by atoms with Crippen LogP contribution in [-0.2, 0) is 4.74 Å². The minimum absolute atomic E-state index is 0.0723. The summed E-state index contributed by atoms with van der Waals surface area (Å²) in [5.41, 5.74) is 5.65. The van der Waals surface area contributed by atoms with Gasteiger partial charge in [-0.3, -0.25) is 0 Å². The number of carbonyl (C=O) groups is 1. The van der Waals surface area contributed by atoms with Crippen LogP contribution in [0.15, 0.2) is 0 Å². The molecule has 4 heteroatoms. The summed E-state index contributed by atoms with van der Waals surface area (Å²) in [6.07, 6.45) is 5.40. The Morgan fingerprint density at radius 3 is 2.67 bits per heavy atom. The maximum Gasteiger partial charge on any atom is 0.410 e. The molecular weight excluding hydrogens is 192 g/mol. The molecule has 0 bridgehead atoms. The summed E-state index contributed by atoms with van der Waals surface area (Å²) in [5, 5.41) is 0. The molecule has 0 aromatic heterocycles. The van der Waals surface area contributed by atoms with Crippen LogP contribution in [0.1, 0.15) is 32.1 Å². The first-order valence-corrected chi connectivity index (χ1v) is 5.97. The molecule has 2 unspecified atom stereocenters. The summed E-state index contributed by atoms with van der Waals surface area (Å²) in [7, 11) is 0. The highest BCUT2D eigenvalue weighted by molar-refractivity contribution is 5.68. The Labute approximate surface area is 90.8 Å². The number of nitrogens with two attached hydrogens (primary N) is 1. The zero-order valence-corrected chi connectivity index (χ0v) is 9.15. The third-order valence-corrected chi connectivity index (χ3v) is 3.51. The topological polar surface area (TPSA) is 55.6 Å². The molecule has 2 fully saturated rings. The van der Waals surface area contributed by atoms with Crippen molar-refractivity contribution in [1.29, 1.82) is 0 Å². The number of hydrogen-bond acceptors (Lipinski definition) is 3. The lowest BCUT2D eigenvalue weighted by Crippen LogP contribution is -2.35. The second kappa shape index (κ2) is 4.84. The van der Waals surface area contributed by atoms with E-state index >= 15 is 0 Å². The Bertz CT molecular complexity index is 227. The van der Waals surface area contributed by atoms with Crippen molar-refractivity contribution in [2.45, 2.75) is 38.2 Å². The molecule has 2 rings (SSSR count). The molecule has 4 nitrogen and oxygen atoms in total. The molecule has 86 valence electrons. The molecule has 1 aliphatic heterocycles. The van der Waals surface area contributed by atoms with Gasteiger partial charge in [-0.25, -0.2) is 4.79 Å². The first-order valence-electron chi connectivity index (χ1n) is 5.97. The second-order valence-electron chi connectivity index (χ2n) is 4.54. The number of carbonyl (C=O) groups excluding carboxylic acids is 1. The van der Waals surface area contributed by atoms with Crippen molar-refractivity contribution >= 4 is 6.09 Å². The lowest BCUT2D eigenvalue weighted by Gasteiger charge is -2.22. The standard InChI is InChI=1S/C11H20N2O2/c12-8-9-4-3-5-10(9)15-11(14)13-6-1-2-7-13/h9-10H,1-8,12H2. The zero-order chi connectivity index (χ0) is 10.7. The molecule has 1 heterocycles. The summed E-state index contributed by atoms with van der Waals surface area (Å²) >= 11 is 0. The van der Waals surface area contributed by atoms with E-state index in [1.165, 1.54) is 0 Å². The lowest BCUT2D eigenvalue weighted by molar-refractivity contribution is 0.0524. The molecule has 1 amide bonds. The van der Waals surface area contributed by atoms with Gasteiger partial charge in [0.2, 0.25) is 0 Å². The monoisotopic (exact) mass is 212 g/mol. The number of nitrogens with zero attached hydrogens (tertiary/aromatic N) is 1. The van der Waals surface area contributed by atoms with E-state index in [-0.39, 0.29) is 12.2 Å². The molecular formula is C11H20N2O2. The number of likely N-dealkylation sites (tertiary alicyclic amines) is 1. The molecule has 2 atom stereocenters. The van der Waals surface area contributed by atoms with Crippen molar-refractivity contribution in [2.24, 2.45) is 11.7 Å². The van der Waals surface area contributed by atoms with Gasteiger partial charge in [-0.05, 0) is 38.6 Å². The van der Waals surface area contributed by atoms with Gasteiger partial charge < -0.3 is 15.4 Å². The molecule has 0 aromatic carbocycles. The Balaban J connectivity index is 1.82. The van der Waals surface area contributed by atoms with Crippen LogP contribution < -0.4 is 5.73 Å². The fourth-order valence-electron chi connectivity index (χ4n) is 2.53. The number of ether oxygens (including phenoxy) is 1. The fraction of sp³-hybridized carbons (Fsp3) is 0.909. The molecule has 1 saturated heterocycles. The number of rotatable bonds is 2. The molecule has 0 spiro atoms. The van der Waals surface area contributed by atoms with Crippen molar-refractivity contribution in [2.75, 3.05) is 19.6 Å². The van der Waals surface area contributed by atoms with Crippen LogP contribution in [0, 0.1) is 5.92 Å². The van der Waals surface area contributed by atoms with E-state index in [1.54, 1.807) is 0 Å². The number of hydrogen-bond donors (Lipinski definition) is 1. The smallest absolute Gasteiger partial charge is 0.410 e. The van der Waals surface area contributed by atoms with Gasteiger partial charge >= 0.3 is 6.09 Å². The van der Waals surface area contributed by atoms with Crippen LogP contribution in [0.3, 0.4) is 0 Å². The second-order valence-corrected chi connectivity index (χ2v) is 4.54. The summed E-state index contributed by atoms with van der Waals surface area (Å²) in [6, 6.07) is 0. The maximum absolute atomic E-state index is 11.7. The maximum atomic E-state index is 11.7. The van der Waals surface area contributed by atoms with Crippen LogP contribution in [0.25, 0.3) is 0 Å². The number of amides is 1. The van der Waals surface area contributed by atoms with Crippen molar-refractivity contribution < 1.29 is 9.53 Å². The molecule has 15 heavy (non-hydrogen) atoms. The predicted molar refractivity (Wildman–Crippen MR) is 57.5 cm³/mol. The minimum atomic E-state index is -0.127. The summed E-state index contributed by atoms with van der Waals surface area (Å²) in [4.78, 5) is 13.5. The van der Waals surface area contributed by atoms with Crippen LogP contribution in [0.2, 0.25) is 0 Å². The SMILES string of the molecule is NCC1CCCC1OC(=O)N1CCCC1. The molecule has 2 aliphatic rings. The largest absolute Gasteiger partial charge is 0.446 e. The Morgan fingerprint density at radius 1 is 1.27 bits per heavy atom. The van der Waals surface area contributed by atoms with Gasteiger partial charge in [-0.15, -0.1) is 0 Å². The molecule has 1 saturated carbocycles. The van der Waals surface area contributed by atoms with E-state index in [2.05, 4.69) is 0 Å². The van der Waals surface area contributed by atoms with Crippen molar-refractivity contribution in [1.82, 2.24) is 4.90 Å². The van der Waals surface area contributed by atoms with Gasteiger partial charge in [0.1, 0.15) is 6.10 Å². The average Bonchev–Trinajstić information content (AvgIpc) is 2.87. The lowest BCUT2D eigenvalue weighted by atomic mass is 10.1. The van der Waals surface area contributed by atoms with E-state index in [9.17, 15) is 4.79 Å². The van der Waals surface area contributed by atoms with Gasteiger partial charge in [0, 0.05) is 19.0 Å². The predicted octanol–water partition coefficient (Wildman–Crippen LogP) is 1.35. The van der Waals surface area contributed by atoms with Crippen LogP contribution in [-0.4, -0.2) is 36.7 Å². The highest BCUT2D eigenvalue weighted by Crippen LogP contribution is 2.28. The van der Waals surface area contributed by atoms with Crippen molar-refractivity contribution in [3.05, 3.63) is 0 Å². The van der Waals surface area contributed by atoms with E-state index < -0.39 is 0 Å². The first-order chi connectivity index (χ1) is 7.31. The van der Waals surface area contributed by atoms with E-state index in [0.717, 1.165) is 45.2 Å².